The predicted octanol–water partition coefficient (Wildman–Crippen LogP) is 11.3. The zero-order valence-electron chi connectivity index (χ0n) is 26.7. The number of hydrogen-bond acceptors (Lipinski definition) is 3. The Morgan fingerprint density at radius 2 is 0.956 bits per heavy atom. The molecule has 226 valence electrons. The molecule has 0 fully saturated rings. The minimum Gasteiger partial charge on any atom is -0.400 e. The van der Waals surface area contributed by atoms with Crippen molar-refractivity contribution < 1.29 is 5.11 Å². The van der Waals surface area contributed by atoms with Crippen molar-refractivity contribution in [1.82, 2.24) is 0 Å². The second-order valence-corrected chi connectivity index (χ2v) is 10.7. The normalized spacial score (nSPS) is 11.0. The van der Waals surface area contributed by atoms with Gasteiger partial charge in [-0.25, -0.2) is 0 Å². The summed E-state index contributed by atoms with van der Waals surface area (Å²) in [5.74, 6) is 0. The van der Waals surface area contributed by atoms with Crippen molar-refractivity contribution >= 4 is 40.6 Å². The lowest BCUT2D eigenvalue weighted by atomic mass is 10.1. The summed E-state index contributed by atoms with van der Waals surface area (Å²) in [5, 5.41) is 7.00. The number of nitrogens with zero attached hydrogens (tertiary/aromatic N) is 2. The van der Waals surface area contributed by atoms with Crippen molar-refractivity contribution in [3.05, 3.63) is 186 Å². The van der Waals surface area contributed by atoms with E-state index in [0.29, 0.717) is 0 Å². The van der Waals surface area contributed by atoms with E-state index in [-0.39, 0.29) is 0 Å². The number of rotatable bonds is 10. The van der Waals surface area contributed by atoms with Crippen LogP contribution in [0.5, 0.6) is 0 Å². The second-order valence-electron chi connectivity index (χ2n) is 10.7. The van der Waals surface area contributed by atoms with Crippen LogP contribution in [0.15, 0.2) is 158 Å². The van der Waals surface area contributed by atoms with Gasteiger partial charge in [-0.2, -0.15) is 0 Å². The van der Waals surface area contributed by atoms with E-state index < -0.39 is 0 Å². The zero-order valence-corrected chi connectivity index (χ0v) is 26.7. The zero-order chi connectivity index (χ0) is 32.2. The van der Waals surface area contributed by atoms with Gasteiger partial charge in [-0.05, 0) is 121 Å². The summed E-state index contributed by atoms with van der Waals surface area (Å²) in [6.45, 7) is 14.3. The molecule has 0 unspecified atom stereocenters. The third-order valence-corrected chi connectivity index (χ3v) is 7.31. The first-order valence-corrected chi connectivity index (χ1v) is 15.0. The third-order valence-electron chi connectivity index (χ3n) is 7.31. The summed E-state index contributed by atoms with van der Waals surface area (Å²) in [4.78, 5) is 4.51. The highest BCUT2D eigenvalue weighted by molar-refractivity contribution is 5.79. The predicted molar refractivity (Wildman–Crippen MR) is 196 cm³/mol. The Bertz CT molecular complexity index is 1730. The SMILES string of the molecule is C=C/C=C(\C=C)N(c1ccc(/C=C/c2ccc(N(c3cccc(C)c3)c3cccc(C)c3)cc2)cc1)c1cccc(C)c1.CO. The highest BCUT2D eigenvalue weighted by Gasteiger charge is 2.14. The molecular weight excluding hydrogens is 548 g/mol. The quantitative estimate of drug-likeness (QED) is 0.129. The van der Waals surface area contributed by atoms with Crippen LogP contribution in [0.1, 0.15) is 27.8 Å². The first-order valence-electron chi connectivity index (χ1n) is 15.0. The van der Waals surface area contributed by atoms with Crippen LogP contribution in [0, 0.1) is 20.8 Å². The van der Waals surface area contributed by atoms with Gasteiger partial charge in [-0.3, -0.25) is 0 Å². The molecule has 0 bridgehead atoms. The van der Waals surface area contributed by atoms with E-state index in [4.69, 9.17) is 5.11 Å². The number of aryl methyl sites for hydroxylation is 3. The highest BCUT2D eigenvalue weighted by Crippen LogP contribution is 2.36. The Morgan fingerprint density at radius 3 is 1.38 bits per heavy atom. The molecule has 0 aromatic heterocycles. The van der Waals surface area contributed by atoms with Gasteiger partial charge in [0.15, 0.2) is 0 Å². The maximum absolute atomic E-state index is 7.00. The molecule has 45 heavy (non-hydrogen) atoms. The summed E-state index contributed by atoms with van der Waals surface area (Å²) in [6, 6.07) is 43.1. The summed E-state index contributed by atoms with van der Waals surface area (Å²) in [7, 11) is 1.00. The highest BCUT2D eigenvalue weighted by atomic mass is 16.2. The maximum Gasteiger partial charge on any atom is 0.0464 e. The van der Waals surface area contributed by atoms with Gasteiger partial charge in [0.1, 0.15) is 0 Å². The van der Waals surface area contributed by atoms with Crippen LogP contribution in [-0.4, -0.2) is 12.2 Å². The number of hydrogen-bond donors (Lipinski definition) is 1. The van der Waals surface area contributed by atoms with E-state index in [2.05, 4.69) is 177 Å². The lowest BCUT2D eigenvalue weighted by molar-refractivity contribution is 0.399. The molecule has 0 heterocycles. The van der Waals surface area contributed by atoms with E-state index in [0.717, 1.165) is 52.4 Å². The van der Waals surface area contributed by atoms with Crippen LogP contribution in [0.2, 0.25) is 0 Å². The van der Waals surface area contributed by atoms with E-state index >= 15 is 0 Å². The van der Waals surface area contributed by atoms with Gasteiger partial charge in [0.2, 0.25) is 0 Å². The molecular formula is C42H42N2O. The average Bonchev–Trinajstić information content (AvgIpc) is 3.06. The molecule has 3 nitrogen and oxygen atoms in total. The molecule has 0 saturated heterocycles. The Hall–Kier alpha value is -5.38. The smallest absolute Gasteiger partial charge is 0.0464 e. The Balaban J connectivity index is 0.00000226. The number of aliphatic hydroxyl groups is 1. The van der Waals surface area contributed by atoms with Crippen molar-refractivity contribution in [2.45, 2.75) is 20.8 Å². The summed E-state index contributed by atoms with van der Waals surface area (Å²) < 4.78 is 0. The number of allylic oxidation sites excluding steroid dienone is 3. The van der Waals surface area contributed by atoms with Crippen molar-refractivity contribution in [2.75, 3.05) is 16.9 Å². The summed E-state index contributed by atoms with van der Waals surface area (Å²) >= 11 is 0. The van der Waals surface area contributed by atoms with Crippen LogP contribution in [-0.2, 0) is 0 Å². The molecule has 0 atom stereocenters. The van der Waals surface area contributed by atoms with Gasteiger partial charge >= 0.3 is 0 Å². The molecule has 1 N–H and O–H groups in total. The second kappa shape index (κ2) is 15.9. The summed E-state index contributed by atoms with van der Waals surface area (Å²) in [5.41, 5.74) is 12.5. The van der Waals surface area contributed by atoms with Gasteiger partial charge in [0.25, 0.3) is 0 Å². The molecule has 5 aromatic rings. The van der Waals surface area contributed by atoms with Crippen LogP contribution >= 0.6 is 0 Å². The maximum atomic E-state index is 7.00. The van der Waals surface area contributed by atoms with E-state index in [1.807, 2.05) is 12.2 Å². The van der Waals surface area contributed by atoms with Gasteiger partial charge < -0.3 is 14.9 Å². The van der Waals surface area contributed by atoms with E-state index in [9.17, 15) is 0 Å². The average molecular weight is 591 g/mol. The lowest BCUT2D eigenvalue weighted by Gasteiger charge is -2.26. The minimum absolute atomic E-state index is 0.967. The Morgan fingerprint density at radius 1 is 0.533 bits per heavy atom. The molecule has 0 aliphatic carbocycles. The van der Waals surface area contributed by atoms with Crippen molar-refractivity contribution in [3.63, 3.8) is 0 Å². The van der Waals surface area contributed by atoms with Crippen molar-refractivity contribution in [2.24, 2.45) is 0 Å². The standard InChI is InChI=1S/C41H38N2.CH4O/c1-6-11-36(7-2)42(39-15-8-12-31(3)28-39)37-24-20-34(21-25-37)18-19-35-22-26-38(27-23-35)43(40-16-9-13-32(4)29-40)41-17-10-14-33(5)30-41;1-2/h6-30H,1-2H2,3-5H3;2H,1H3/b19-18+,36-11+;. The fourth-order valence-corrected chi connectivity index (χ4v) is 5.21. The Labute approximate surface area is 269 Å². The topological polar surface area (TPSA) is 26.7 Å². The molecule has 0 aliphatic rings. The molecule has 3 heteroatoms. The van der Waals surface area contributed by atoms with Crippen LogP contribution < -0.4 is 9.80 Å². The van der Waals surface area contributed by atoms with Gasteiger partial charge in [0.05, 0.1) is 0 Å². The van der Waals surface area contributed by atoms with Crippen LogP contribution in [0.4, 0.5) is 28.4 Å². The van der Waals surface area contributed by atoms with Crippen LogP contribution in [0.3, 0.4) is 0 Å². The fourth-order valence-electron chi connectivity index (χ4n) is 5.21. The van der Waals surface area contributed by atoms with Gasteiger partial charge in [-0.1, -0.05) is 92.0 Å². The molecule has 5 rings (SSSR count). The minimum atomic E-state index is 0.967. The van der Waals surface area contributed by atoms with E-state index in [1.165, 1.54) is 16.7 Å². The number of aliphatic hydroxyl groups excluding tert-OH is 1. The molecule has 0 saturated carbocycles. The van der Waals surface area contributed by atoms with Crippen LogP contribution in [0.25, 0.3) is 12.2 Å². The van der Waals surface area contributed by atoms with Gasteiger partial charge in [-0.15, -0.1) is 0 Å². The molecule has 5 aromatic carbocycles. The number of benzene rings is 5. The largest absolute Gasteiger partial charge is 0.400 e. The van der Waals surface area contributed by atoms with Crippen molar-refractivity contribution in [1.29, 1.82) is 0 Å². The molecule has 0 amide bonds. The lowest BCUT2D eigenvalue weighted by Crippen LogP contribution is -2.15. The first-order chi connectivity index (χ1) is 21.9. The third kappa shape index (κ3) is 8.38. The van der Waals surface area contributed by atoms with Crippen molar-refractivity contribution in [3.8, 4) is 0 Å². The summed E-state index contributed by atoms with van der Waals surface area (Å²) in [6.07, 6.45) is 9.95. The monoisotopic (exact) mass is 590 g/mol. The molecule has 0 aliphatic heterocycles. The molecule has 0 spiro atoms. The number of anilines is 5. The first kappa shape index (κ1) is 32.5. The van der Waals surface area contributed by atoms with Gasteiger partial charge in [0, 0.05) is 41.2 Å². The fraction of sp³-hybridized carbons (Fsp3) is 0.0952. The Kier molecular flexibility index (Phi) is 11.5. The van der Waals surface area contributed by atoms with E-state index in [1.54, 1.807) is 6.08 Å². The molecule has 0 radical (unpaired) electrons.